The maximum atomic E-state index is 10.8. The summed E-state index contributed by atoms with van der Waals surface area (Å²) in [6.45, 7) is 4.47. The number of rotatable bonds is 5. The molecular weight excluding hydrogens is 254 g/mol. The molecule has 0 spiro atoms. The van der Waals surface area contributed by atoms with Crippen LogP contribution in [0.2, 0.25) is 5.15 Å². The smallest absolute Gasteiger partial charge is 0.346 e. The molecular formula is C12H14ClN3O2. The lowest BCUT2D eigenvalue weighted by Gasteiger charge is -2.00. The van der Waals surface area contributed by atoms with Crippen molar-refractivity contribution >= 4 is 23.6 Å². The van der Waals surface area contributed by atoms with Crippen molar-refractivity contribution in [3.05, 3.63) is 22.0 Å². The van der Waals surface area contributed by atoms with Crippen LogP contribution in [0, 0.1) is 18.3 Å². The number of halogens is 1. The molecule has 0 atom stereocenters. The second-order valence-electron chi connectivity index (χ2n) is 3.84. The fourth-order valence-corrected chi connectivity index (χ4v) is 1.79. The van der Waals surface area contributed by atoms with E-state index in [4.69, 9.17) is 22.0 Å². The zero-order valence-electron chi connectivity index (χ0n) is 10.3. The molecule has 1 aromatic heterocycles. The first-order chi connectivity index (χ1) is 8.51. The fraction of sp³-hybridized carbons (Fsp3) is 0.417. The van der Waals surface area contributed by atoms with Crippen LogP contribution in [0.3, 0.4) is 0 Å². The van der Waals surface area contributed by atoms with Gasteiger partial charge in [0.1, 0.15) is 16.8 Å². The van der Waals surface area contributed by atoms with E-state index in [0.717, 1.165) is 12.8 Å². The average Bonchev–Trinajstić information content (AvgIpc) is 2.59. The first-order valence-corrected chi connectivity index (χ1v) is 5.97. The van der Waals surface area contributed by atoms with Gasteiger partial charge in [0.05, 0.1) is 5.69 Å². The highest BCUT2D eigenvalue weighted by atomic mass is 35.5. The Bertz CT molecular complexity index is 526. The summed E-state index contributed by atoms with van der Waals surface area (Å²) in [7, 11) is 0. The van der Waals surface area contributed by atoms with Gasteiger partial charge < -0.3 is 5.11 Å². The number of carbonyl (C=O) groups is 1. The summed E-state index contributed by atoms with van der Waals surface area (Å²) in [4.78, 5) is 10.8. The molecule has 0 fully saturated rings. The highest BCUT2D eigenvalue weighted by Crippen LogP contribution is 2.23. The van der Waals surface area contributed by atoms with E-state index in [-0.39, 0.29) is 5.57 Å². The van der Waals surface area contributed by atoms with Crippen LogP contribution in [0.4, 0.5) is 0 Å². The van der Waals surface area contributed by atoms with Gasteiger partial charge in [-0.15, -0.1) is 0 Å². The summed E-state index contributed by atoms with van der Waals surface area (Å²) in [6.07, 6.45) is 3.21. The molecule has 5 nitrogen and oxygen atoms in total. The van der Waals surface area contributed by atoms with Gasteiger partial charge in [-0.25, -0.2) is 4.79 Å². The number of aliphatic carboxylic acids is 1. The van der Waals surface area contributed by atoms with E-state index >= 15 is 0 Å². The van der Waals surface area contributed by atoms with Crippen molar-refractivity contribution < 1.29 is 9.90 Å². The molecule has 0 aliphatic heterocycles. The highest BCUT2D eigenvalue weighted by molar-refractivity contribution is 6.31. The summed E-state index contributed by atoms with van der Waals surface area (Å²) in [6, 6.07) is 1.62. The number of carboxylic acids is 1. The molecule has 96 valence electrons. The second kappa shape index (κ2) is 6.22. The van der Waals surface area contributed by atoms with Gasteiger partial charge in [-0.3, -0.25) is 4.68 Å². The predicted molar refractivity (Wildman–Crippen MR) is 68.1 cm³/mol. The molecule has 1 rings (SSSR count). The van der Waals surface area contributed by atoms with Crippen molar-refractivity contribution in [2.75, 3.05) is 0 Å². The minimum atomic E-state index is -1.27. The lowest BCUT2D eigenvalue weighted by molar-refractivity contribution is -0.132. The summed E-state index contributed by atoms with van der Waals surface area (Å²) >= 11 is 6.12. The first kappa shape index (κ1) is 14.3. The molecule has 18 heavy (non-hydrogen) atoms. The van der Waals surface area contributed by atoms with Crippen LogP contribution in [-0.4, -0.2) is 20.9 Å². The van der Waals surface area contributed by atoms with E-state index < -0.39 is 5.97 Å². The Morgan fingerprint density at radius 1 is 1.67 bits per heavy atom. The number of hydrogen-bond acceptors (Lipinski definition) is 3. The Morgan fingerprint density at radius 2 is 2.33 bits per heavy atom. The standard InChI is InChI=1S/C12H14ClN3O2/c1-3-4-5-16-11(13)10(8(2)15-16)6-9(7-14)12(17)18/h6H,3-5H2,1-2H3,(H,17,18)/b9-6-. The molecule has 0 saturated heterocycles. The van der Waals surface area contributed by atoms with Crippen molar-refractivity contribution in [2.24, 2.45) is 0 Å². The van der Waals surface area contributed by atoms with Crippen LogP contribution in [0.15, 0.2) is 5.57 Å². The maximum Gasteiger partial charge on any atom is 0.346 e. The van der Waals surface area contributed by atoms with Gasteiger partial charge in [0.2, 0.25) is 0 Å². The summed E-state index contributed by atoms with van der Waals surface area (Å²) < 4.78 is 1.63. The van der Waals surface area contributed by atoms with E-state index in [1.165, 1.54) is 6.08 Å². The molecule has 1 heterocycles. The molecule has 0 aliphatic rings. The van der Waals surface area contributed by atoms with Crippen LogP contribution in [0.25, 0.3) is 6.08 Å². The fourth-order valence-electron chi connectivity index (χ4n) is 1.47. The largest absolute Gasteiger partial charge is 0.477 e. The van der Waals surface area contributed by atoms with E-state index in [1.807, 2.05) is 0 Å². The van der Waals surface area contributed by atoms with Gasteiger partial charge >= 0.3 is 5.97 Å². The molecule has 0 bridgehead atoms. The molecule has 1 N–H and O–H groups in total. The van der Waals surface area contributed by atoms with Crippen LogP contribution >= 0.6 is 11.6 Å². The molecule has 0 aromatic carbocycles. The van der Waals surface area contributed by atoms with Crippen molar-refractivity contribution in [1.82, 2.24) is 9.78 Å². The Hall–Kier alpha value is -1.80. The van der Waals surface area contributed by atoms with Gasteiger partial charge in [0.15, 0.2) is 0 Å². The molecule has 0 amide bonds. The van der Waals surface area contributed by atoms with Crippen LogP contribution in [-0.2, 0) is 11.3 Å². The number of nitrogens with zero attached hydrogens (tertiary/aromatic N) is 3. The van der Waals surface area contributed by atoms with Crippen LogP contribution < -0.4 is 0 Å². The highest BCUT2D eigenvalue weighted by Gasteiger charge is 2.14. The van der Waals surface area contributed by atoms with Gasteiger partial charge in [-0.05, 0) is 19.4 Å². The van der Waals surface area contributed by atoms with Gasteiger partial charge in [-0.1, -0.05) is 24.9 Å². The van der Waals surface area contributed by atoms with Gasteiger partial charge in [0.25, 0.3) is 0 Å². The van der Waals surface area contributed by atoms with Gasteiger partial charge in [-0.2, -0.15) is 10.4 Å². The number of hydrogen-bond donors (Lipinski definition) is 1. The Labute approximate surface area is 110 Å². The van der Waals surface area contributed by atoms with E-state index in [0.29, 0.717) is 23.0 Å². The lowest BCUT2D eigenvalue weighted by atomic mass is 10.2. The molecule has 0 aliphatic carbocycles. The SMILES string of the molecule is CCCCn1nc(C)c(/C=C(/C#N)C(=O)O)c1Cl. The number of unbranched alkanes of at least 4 members (excludes halogenated alkanes) is 1. The minimum Gasteiger partial charge on any atom is -0.477 e. The van der Waals surface area contributed by atoms with Crippen molar-refractivity contribution in [1.29, 1.82) is 5.26 Å². The zero-order chi connectivity index (χ0) is 13.7. The third kappa shape index (κ3) is 3.11. The second-order valence-corrected chi connectivity index (χ2v) is 4.20. The Morgan fingerprint density at radius 3 is 2.83 bits per heavy atom. The van der Waals surface area contributed by atoms with Gasteiger partial charge in [0, 0.05) is 12.1 Å². The third-order valence-corrected chi connectivity index (χ3v) is 2.87. The Balaban J connectivity index is 3.15. The number of aryl methyl sites for hydroxylation is 2. The molecule has 0 radical (unpaired) electrons. The van der Waals surface area contributed by atoms with Crippen molar-refractivity contribution in [2.45, 2.75) is 33.2 Å². The molecule has 0 saturated carbocycles. The third-order valence-electron chi connectivity index (χ3n) is 2.47. The minimum absolute atomic E-state index is 0.352. The quantitative estimate of drug-likeness (QED) is 0.657. The van der Waals surface area contributed by atoms with E-state index in [1.54, 1.807) is 17.7 Å². The summed E-state index contributed by atoms with van der Waals surface area (Å²) in [5.74, 6) is -1.27. The normalized spacial score (nSPS) is 11.3. The first-order valence-electron chi connectivity index (χ1n) is 5.59. The van der Waals surface area contributed by atoms with Crippen molar-refractivity contribution in [3.63, 3.8) is 0 Å². The van der Waals surface area contributed by atoms with E-state index in [9.17, 15) is 4.79 Å². The molecule has 6 heteroatoms. The lowest BCUT2D eigenvalue weighted by Crippen LogP contribution is -2.00. The van der Waals surface area contributed by atoms with Crippen LogP contribution in [0.1, 0.15) is 31.0 Å². The number of nitriles is 1. The predicted octanol–water partition coefficient (Wildman–Crippen LogP) is 2.64. The monoisotopic (exact) mass is 267 g/mol. The average molecular weight is 268 g/mol. The zero-order valence-corrected chi connectivity index (χ0v) is 11.0. The Kier molecular flexibility index (Phi) is 4.93. The van der Waals surface area contributed by atoms with E-state index in [2.05, 4.69) is 12.0 Å². The number of carboxylic acid groups (broad SMARTS) is 1. The summed E-state index contributed by atoms with van der Waals surface area (Å²) in [5.41, 5.74) is 0.756. The van der Waals surface area contributed by atoms with Crippen LogP contribution in [0.5, 0.6) is 0 Å². The maximum absolute atomic E-state index is 10.8. The summed E-state index contributed by atoms with van der Waals surface area (Å²) in [5, 5.41) is 22.1. The number of aromatic nitrogens is 2. The topological polar surface area (TPSA) is 78.9 Å². The molecule has 0 unspecified atom stereocenters. The van der Waals surface area contributed by atoms with Crippen molar-refractivity contribution in [3.8, 4) is 6.07 Å². The molecule has 1 aromatic rings.